The molecule has 29 heavy (non-hydrogen) atoms. The summed E-state index contributed by atoms with van der Waals surface area (Å²) in [6.07, 6.45) is 3.75. The quantitative estimate of drug-likeness (QED) is 0.446. The standard InChI is InChI=1S/C22H20NO2.3CH3.Sn/c1-2-17(14-16-4-3-13-23-15-16)22(18-5-9-20(24)10-6-18)19-7-11-21(25)12-8-19;;;;/h3-12,15,24-25H,2,14H2,1H3;3*1H3;. The number of nitrogens with zero attached hydrogens (tertiary/aromatic N) is 1. The van der Waals surface area contributed by atoms with Gasteiger partial charge in [0.05, 0.1) is 0 Å². The average Bonchev–Trinajstić information content (AvgIpc) is 2.70. The van der Waals surface area contributed by atoms with Crippen molar-refractivity contribution >= 4 is 27.7 Å². The van der Waals surface area contributed by atoms with Crippen molar-refractivity contribution in [3.8, 4) is 11.5 Å². The number of aromatic hydroxyl groups is 2. The van der Waals surface area contributed by atoms with Crippen molar-refractivity contribution in [2.75, 3.05) is 0 Å². The van der Waals surface area contributed by atoms with Crippen molar-refractivity contribution in [2.24, 2.45) is 0 Å². The van der Waals surface area contributed by atoms with E-state index in [1.54, 1.807) is 24.3 Å². The van der Waals surface area contributed by atoms with Gasteiger partial charge in [0.2, 0.25) is 0 Å². The van der Waals surface area contributed by atoms with E-state index in [0.29, 0.717) is 0 Å². The average molecular weight is 494 g/mol. The summed E-state index contributed by atoms with van der Waals surface area (Å²) in [7, 11) is 0. The van der Waals surface area contributed by atoms with Gasteiger partial charge in [-0.3, -0.25) is 0 Å². The van der Waals surface area contributed by atoms with Crippen LogP contribution in [0.15, 0.2) is 72.4 Å². The van der Waals surface area contributed by atoms with Gasteiger partial charge in [-0.15, -0.1) is 0 Å². The Labute approximate surface area is 177 Å². The topological polar surface area (TPSA) is 53.4 Å². The van der Waals surface area contributed by atoms with Crippen LogP contribution in [-0.4, -0.2) is 33.6 Å². The second kappa shape index (κ2) is 9.04. The van der Waals surface area contributed by atoms with Gasteiger partial charge in [0.1, 0.15) is 0 Å². The molecule has 0 amide bonds. The number of allylic oxidation sites excluding steroid dienone is 1. The van der Waals surface area contributed by atoms with Crippen LogP contribution in [0.3, 0.4) is 0 Å². The summed E-state index contributed by atoms with van der Waals surface area (Å²) in [5.74, 6) is 0.509. The Balaban J connectivity index is 2.06. The third kappa shape index (κ3) is 5.41. The number of benzene rings is 2. The predicted molar refractivity (Wildman–Crippen MR) is 123 cm³/mol. The first-order chi connectivity index (χ1) is 13.8. The molecule has 1 heterocycles. The number of rotatable bonds is 6. The normalized spacial score (nSPS) is 11.3. The van der Waals surface area contributed by atoms with E-state index in [-0.39, 0.29) is 11.5 Å². The molecular weight excluding hydrogens is 465 g/mol. The van der Waals surface area contributed by atoms with Crippen molar-refractivity contribution < 1.29 is 10.2 Å². The van der Waals surface area contributed by atoms with Crippen molar-refractivity contribution in [1.82, 2.24) is 4.98 Å². The van der Waals surface area contributed by atoms with Gasteiger partial charge in [0, 0.05) is 0 Å². The predicted octanol–water partition coefficient (Wildman–Crippen LogP) is 5.49. The number of pyridine rings is 1. The summed E-state index contributed by atoms with van der Waals surface area (Å²) in [4.78, 5) is 11.9. The molecule has 0 saturated heterocycles. The fraction of sp³-hybridized carbons (Fsp3) is 0.240. The summed E-state index contributed by atoms with van der Waals surface area (Å²) < 4.78 is 1.29. The minimum atomic E-state index is -2.15. The molecule has 3 rings (SSSR count). The third-order valence-electron chi connectivity index (χ3n) is 5.10. The van der Waals surface area contributed by atoms with Gasteiger partial charge < -0.3 is 0 Å². The van der Waals surface area contributed by atoms with Crippen LogP contribution in [0.25, 0.3) is 5.57 Å². The van der Waals surface area contributed by atoms with Crippen LogP contribution >= 0.6 is 0 Å². The van der Waals surface area contributed by atoms with E-state index < -0.39 is 18.4 Å². The molecule has 3 nitrogen and oxygen atoms in total. The Morgan fingerprint density at radius 1 is 0.793 bits per heavy atom. The Morgan fingerprint density at radius 3 is 1.69 bits per heavy atom. The summed E-state index contributed by atoms with van der Waals surface area (Å²) in [6.45, 7) is 2.17. The Hall–Kier alpha value is -2.27. The number of phenolic OH excluding ortho intramolecular Hbond substituents is 2. The first-order valence-electron chi connectivity index (χ1n) is 10.0. The van der Waals surface area contributed by atoms with E-state index in [9.17, 15) is 10.2 Å². The summed E-state index contributed by atoms with van der Waals surface area (Å²) in [5, 5.41) is 19.4. The van der Waals surface area contributed by atoms with E-state index in [1.165, 1.54) is 14.8 Å². The Kier molecular flexibility index (Phi) is 6.68. The van der Waals surface area contributed by atoms with Gasteiger partial charge in [0.15, 0.2) is 0 Å². The van der Waals surface area contributed by atoms with Crippen LogP contribution < -0.4 is 3.71 Å². The molecule has 4 heteroatoms. The fourth-order valence-electron chi connectivity index (χ4n) is 3.44. The zero-order valence-electron chi connectivity index (χ0n) is 17.6. The van der Waals surface area contributed by atoms with E-state index in [0.717, 1.165) is 29.5 Å². The molecule has 0 atom stereocenters. The van der Waals surface area contributed by atoms with Crippen molar-refractivity contribution in [3.63, 3.8) is 0 Å². The van der Waals surface area contributed by atoms with Gasteiger partial charge in [0.25, 0.3) is 0 Å². The second-order valence-electron chi connectivity index (χ2n) is 8.40. The molecule has 0 aliphatic rings. The summed E-state index contributed by atoms with van der Waals surface area (Å²) >= 11 is -2.15. The minimum absolute atomic E-state index is 0.255. The Morgan fingerprint density at radius 2 is 1.31 bits per heavy atom. The molecule has 0 bridgehead atoms. The summed E-state index contributed by atoms with van der Waals surface area (Å²) in [5.41, 5.74) is 5.76. The second-order valence-corrected chi connectivity index (χ2v) is 22.7. The van der Waals surface area contributed by atoms with Gasteiger partial charge in [-0.1, -0.05) is 0 Å². The molecule has 0 fully saturated rings. The number of hydrogen-bond donors (Lipinski definition) is 2. The zero-order valence-corrected chi connectivity index (χ0v) is 20.5. The molecule has 150 valence electrons. The molecule has 0 aliphatic heterocycles. The SMILES string of the molecule is CCC(Cc1cc[c]([Sn]([CH3])([CH3])[CH3])nc1)=C(c1ccc(O)cc1)c1ccc(O)cc1. The molecule has 0 spiro atoms. The zero-order chi connectivity index (χ0) is 21.0. The third-order valence-corrected chi connectivity index (χ3v) is 10.3. The number of hydrogen-bond acceptors (Lipinski definition) is 3. The molecule has 3 aromatic rings. The van der Waals surface area contributed by atoms with E-state index in [4.69, 9.17) is 4.98 Å². The van der Waals surface area contributed by atoms with Crippen LogP contribution in [0.4, 0.5) is 0 Å². The van der Waals surface area contributed by atoms with Crippen LogP contribution in [-0.2, 0) is 6.42 Å². The van der Waals surface area contributed by atoms with Gasteiger partial charge in [-0.2, -0.15) is 0 Å². The molecule has 0 unspecified atom stereocenters. The van der Waals surface area contributed by atoms with Crippen molar-refractivity contribution in [1.29, 1.82) is 0 Å². The molecule has 2 N–H and O–H groups in total. The van der Waals surface area contributed by atoms with Crippen LogP contribution in [0.5, 0.6) is 11.5 Å². The molecule has 0 radical (unpaired) electrons. The van der Waals surface area contributed by atoms with Crippen molar-refractivity contribution in [3.05, 3.63) is 89.1 Å². The van der Waals surface area contributed by atoms with Crippen LogP contribution in [0.2, 0.25) is 14.8 Å². The molecular formula is C25H29NO2Sn. The first kappa shape index (κ1) is 21.4. The van der Waals surface area contributed by atoms with Crippen molar-refractivity contribution in [2.45, 2.75) is 34.6 Å². The van der Waals surface area contributed by atoms with E-state index >= 15 is 0 Å². The molecule has 1 aromatic heterocycles. The Bertz CT molecular complexity index is 935. The monoisotopic (exact) mass is 495 g/mol. The van der Waals surface area contributed by atoms with Gasteiger partial charge in [-0.25, -0.2) is 0 Å². The van der Waals surface area contributed by atoms with E-state index in [2.05, 4.69) is 33.9 Å². The molecule has 0 aliphatic carbocycles. The maximum atomic E-state index is 9.72. The van der Waals surface area contributed by atoms with Gasteiger partial charge >= 0.3 is 178 Å². The number of aromatic nitrogens is 1. The van der Waals surface area contributed by atoms with Gasteiger partial charge in [-0.05, 0) is 0 Å². The van der Waals surface area contributed by atoms with Crippen LogP contribution in [0, 0.1) is 0 Å². The molecule has 0 saturated carbocycles. The first-order valence-corrected chi connectivity index (χ1v) is 20.0. The number of phenols is 2. The summed E-state index contributed by atoms with van der Waals surface area (Å²) in [6, 6.07) is 19.1. The van der Waals surface area contributed by atoms with E-state index in [1.807, 2.05) is 30.5 Å². The molecule has 2 aromatic carbocycles. The van der Waals surface area contributed by atoms with Crippen LogP contribution in [0.1, 0.15) is 30.0 Å². The fourth-order valence-corrected chi connectivity index (χ4v) is 6.39. The maximum absolute atomic E-state index is 9.72.